The van der Waals surface area contributed by atoms with Crippen molar-refractivity contribution in [2.45, 2.75) is 45.6 Å². The Balaban J connectivity index is 1.60. The molecule has 2 N–H and O–H groups in total. The highest BCUT2D eigenvalue weighted by atomic mass is 16.2. The second-order valence-corrected chi connectivity index (χ2v) is 6.61. The van der Waals surface area contributed by atoms with E-state index >= 15 is 0 Å². The van der Waals surface area contributed by atoms with Crippen LogP contribution in [-0.4, -0.2) is 30.3 Å². The van der Waals surface area contributed by atoms with E-state index in [1.54, 1.807) is 24.8 Å². The number of carbonyl (C=O) groups excluding carboxylic acids is 3. The fourth-order valence-corrected chi connectivity index (χ4v) is 3.12. The van der Waals surface area contributed by atoms with Crippen LogP contribution in [0.1, 0.15) is 38.7 Å². The van der Waals surface area contributed by atoms with Gasteiger partial charge in [0.2, 0.25) is 17.7 Å². The average Bonchev–Trinajstić information content (AvgIpc) is 2.88. The van der Waals surface area contributed by atoms with E-state index < -0.39 is 6.04 Å². The van der Waals surface area contributed by atoms with Crippen LogP contribution in [0.2, 0.25) is 0 Å². The van der Waals surface area contributed by atoms with Crippen LogP contribution in [-0.2, 0) is 20.8 Å². The summed E-state index contributed by atoms with van der Waals surface area (Å²) >= 11 is 0. The summed E-state index contributed by atoms with van der Waals surface area (Å²) in [5.41, 5.74) is 2.65. The zero-order valence-electron chi connectivity index (χ0n) is 14.1. The van der Waals surface area contributed by atoms with Crippen molar-refractivity contribution in [2.75, 3.05) is 16.8 Å². The number of benzene rings is 1. The van der Waals surface area contributed by atoms with E-state index in [2.05, 4.69) is 10.6 Å². The van der Waals surface area contributed by atoms with Gasteiger partial charge in [0.15, 0.2) is 0 Å². The van der Waals surface area contributed by atoms with Gasteiger partial charge in [-0.25, -0.2) is 0 Å². The van der Waals surface area contributed by atoms with Crippen molar-refractivity contribution in [1.82, 2.24) is 5.32 Å². The first-order valence-electron chi connectivity index (χ1n) is 8.48. The highest BCUT2D eigenvalue weighted by Gasteiger charge is 2.28. The molecule has 0 radical (unpaired) electrons. The van der Waals surface area contributed by atoms with E-state index in [9.17, 15) is 14.4 Å². The van der Waals surface area contributed by atoms with E-state index in [0.29, 0.717) is 12.2 Å². The zero-order chi connectivity index (χ0) is 17.3. The minimum atomic E-state index is -0.569. The summed E-state index contributed by atoms with van der Waals surface area (Å²) in [7, 11) is 0. The number of fused-ring (bicyclic) bond motifs is 1. The van der Waals surface area contributed by atoms with Gasteiger partial charge in [-0.15, -0.1) is 0 Å². The van der Waals surface area contributed by atoms with E-state index in [1.165, 1.54) is 0 Å². The molecule has 1 fully saturated rings. The Kier molecular flexibility index (Phi) is 4.55. The van der Waals surface area contributed by atoms with E-state index in [-0.39, 0.29) is 23.6 Å². The summed E-state index contributed by atoms with van der Waals surface area (Å²) in [4.78, 5) is 37.5. The van der Waals surface area contributed by atoms with Crippen LogP contribution in [0.4, 0.5) is 11.4 Å². The summed E-state index contributed by atoms with van der Waals surface area (Å²) in [6, 6.07) is 4.98. The molecule has 1 aromatic rings. The molecule has 1 aliphatic heterocycles. The molecule has 6 nitrogen and oxygen atoms in total. The topological polar surface area (TPSA) is 78.5 Å². The number of nitrogens with one attached hydrogen (secondary N) is 2. The Morgan fingerprint density at radius 2 is 2.00 bits per heavy atom. The molecule has 3 rings (SSSR count). The molecule has 0 bridgehead atoms. The Labute approximate surface area is 141 Å². The fourth-order valence-electron chi connectivity index (χ4n) is 3.12. The van der Waals surface area contributed by atoms with Crippen molar-refractivity contribution in [2.24, 2.45) is 5.92 Å². The van der Waals surface area contributed by atoms with Gasteiger partial charge >= 0.3 is 0 Å². The Hall–Kier alpha value is -2.37. The second-order valence-electron chi connectivity index (χ2n) is 6.61. The SMILES string of the molecule is CC(=O)N1CCc2cc(NC(=O)C(C)NC(=O)C3CCC3)ccc21. The third kappa shape index (κ3) is 3.27. The van der Waals surface area contributed by atoms with Gasteiger partial charge in [0.25, 0.3) is 0 Å². The monoisotopic (exact) mass is 329 g/mol. The van der Waals surface area contributed by atoms with Crippen LogP contribution in [0.15, 0.2) is 18.2 Å². The van der Waals surface area contributed by atoms with E-state index in [1.807, 2.05) is 12.1 Å². The first-order valence-corrected chi connectivity index (χ1v) is 8.48. The zero-order valence-corrected chi connectivity index (χ0v) is 14.1. The molecule has 1 aliphatic carbocycles. The maximum atomic E-state index is 12.3. The molecule has 128 valence electrons. The number of amides is 3. The molecule has 1 aromatic carbocycles. The first-order chi connectivity index (χ1) is 11.5. The minimum Gasteiger partial charge on any atom is -0.344 e. The highest BCUT2D eigenvalue weighted by molar-refractivity contribution is 5.98. The summed E-state index contributed by atoms with van der Waals surface area (Å²) in [6.45, 7) is 3.92. The van der Waals surface area contributed by atoms with Gasteiger partial charge in [-0.1, -0.05) is 6.42 Å². The molecule has 1 saturated carbocycles. The van der Waals surface area contributed by atoms with Crippen molar-refractivity contribution < 1.29 is 14.4 Å². The maximum absolute atomic E-state index is 12.3. The average molecular weight is 329 g/mol. The van der Waals surface area contributed by atoms with Crippen molar-refractivity contribution in [1.29, 1.82) is 0 Å². The largest absolute Gasteiger partial charge is 0.344 e. The number of anilines is 2. The van der Waals surface area contributed by atoms with Gasteiger partial charge in [0.05, 0.1) is 0 Å². The third-order valence-corrected chi connectivity index (χ3v) is 4.85. The van der Waals surface area contributed by atoms with Crippen LogP contribution in [0, 0.1) is 5.92 Å². The van der Waals surface area contributed by atoms with Gasteiger partial charge in [0, 0.05) is 30.8 Å². The van der Waals surface area contributed by atoms with Crippen LogP contribution >= 0.6 is 0 Å². The van der Waals surface area contributed by atoms with Gasteiger partial charge < -0.3 is 15.5 Å². The lowest BCUT2D eigenvalue weighted by molar-refractivity contribution is -0.130. The molecule has 3 amide bonds. The predicted molar refractivity (Wildman–Crippen MR) is 91.7 cm³/mol. The molecule has 6 heteroatoms. The summed E-state index contributed by atoms with van der Waals surface area (Å²) in [5.74, 6) is -0.172. The van der Waals surface area contributed by atoms with Crippen molar-refractivity contribution in [3.63, 3.8) is 0 Å². The Morgan fingerprint density at radius 1 is 1.25 bits per heavy atom. The molecule has 2 aliphatic rings. The van der Waals surface area contributed by atoms with Crippen LogP contribution in [0.5, 0.6) is 0 Å². The normalized spacial score (nSPS) is 17.7. The molecule has 1 heterocycles. The molecule has 1 unspecified atom stereocenters. The number of hydrogen-bond acceptors (Lipinski definition) is 3. The number of hydrogen-bond donors (Lipinski definition) is 2. The van der Waals surface area contributed by atoms with E-state index in [4.69, 9.17) is 0 Å². The highest BCUT2D eigenvalue weighted by Crippen LogP contribution is 2.30. The first kappa shape index (κ1) is 16.5. The van der Waals surface area contributed by atoms with Crippen LogP contribution < -0.4 is 15.5 Å². The molecule has 0 saturated heterocycles. The van der Waals surface area contributed by atoms with Gasteiger partial charge in [-0.3, -0.25) is 14.4 Å². The van der Waals surface area contributed by atoms with Crippen molar-refractivity contribution in [3.05, 3.63) is 23.8 Å². The lowest BCUT2D eigenvalue weighted by Crippen LogP contribution is -2.45. The number of rotatable bonds is 4. The van der Waals surface area contributed by atoms with Gasteiger partial charge in [-0.05, 0) is 49.9 Å². The summed E-state index contributed by atoms with van der Waals surface area (Å²) in [5, 5.41) is 5.61. The standard InChI is InChI=1S/C18H23N3O3/c1-11(19-18(24)13-4-3-5-13)17(23)20-15-6-7-16-14(10-15)8-9-21(16)12(2)22/h6-7,10-11,13H,3-5,8-9H2,1-2H3,(H,19,24)(H,20,23). The smallest absolute Gasteiger partial charge is 0.246 e. The minimum absolute atomic E-state index is 0.0258. The van der Waals surface area contributed by atoms with Crippen LogP contribution in [0.3, 0.4) is 0 Å². The predicted octanol–water partition coefficient (Wildman–Crippen LogP) is 1.84. The van der Waals surface area contributed by atoms with Gasteiger partial charge in [0.1, 0.15) is 6.04 Å². The molecular formula is C18H23N3O3. The number of nitrogens with zero attached hydrogens (tertiary/aromatic N) is 1. The summed E-state index contributed by atoms with van der Waals surface area (Å²) < 4.78 is 0. The number of carbonyl (C=O) groups is 3. The third-order valence-electron chi connectivity index (χ3n) is 4.85. The maximum Gasteiger partial charge on any atom is 0.246 e. The van der Waals surface area contributed by atoms with Crippen molar-refractivity contribution in [3.8, 4) is 0 Å². The lowest BCUT2D eigenvalue weighted by atomic mass is 9.84. The molecule has 1 atom stereocenters. The molecule has 24 heavy (non-hydrogen) atoms. The van der Waals surface area contributed by atoms with Crippen molar-refractivity contribution >= 4 is 29.1 Å². The quantitative estimate of drug-likeness (QED) is 0.885. The van der Waals surface area contributed by atoms with Crippen LogP contribution in [0.25, 0.3) is 0 Å². The Bertz CT molecular complexity index is 682. The van der Waals surface area contributed by atoms with Gasteiger partial charge in [-0.2, -0.15) is 0 Å². The molecular weight excluding hydrogens is 306 g/mol. The molecule has 0 aromatic heterocycles. The second kappa shape index (κ2) is 6.63. The van der Waals surface area contributed by atoms with E-state index in [0.717, 1.165) is 36.9 Å². The fraction of sp³-hybridized carbons (Fsp3) is 0.500. The molecule has 0 spiro atoms. The Morgan fingerprint density at radius 3 is 2.62 bits per heavy atom. The summed E-state index contributed by atoms with van der Waals surface area (Å²) in [6.07, 6.45) is 3.70. The lowest BCUT2D eigenvalue weighted by Gasteiger charge is -2.25.